The molecule has 0 unspecified atom stereocenters. The summed E-state index contributed by atoms with van der Waals surface area (Å²) in [6.07, 6.45) is 9.14. The molecule has 4 aromatic rings. The van der Waals surface area contributed by atoms with Crippen LogP contribution in [0.4, 0.5) is 17.1 Å². The monoisotopic (exact) mass is 422 g/mol. The van der Waals surface area contributed by atoms with Gasteiger partial charge in [0, 0.05) is 31.5 Å². The van der Waals surface area contributed by atoms with Gasteiger partial charge in [-0.15, -0.1) is 0 Å². The third kappa shape index (κ3) is 5.58. The van der Waals surface area contributed by atoms with Crippen molar-refractivity contribution in [2.24, 2.45) is 0 Å². The maximum absolute atomic E-state index is 12.1. The van der Waals surface area contributed by atoms with Gasteiger partial charge in [-0.1, -0.05) is 36.4 Å². The first-order valence-corrected chi connectivity index (χ1v) is 10.7. The average Bonchev–Trinajstić information content (AvgIpc) is 2.85. The highest BCUT2D eigenvalue weighted by Crippen LogP contribution is 2.27. The van der Waals surface area contributed by atoms with E-state index in [1.54, 1.807) is 18.6 Å². The molecule has 0 bridgehead atoms. The number of benzene rings is 2. The van der Waals surface area contributed by atoms with Crippen molar-refractivity contribution < 1.29 is 4.79 Å². The van der Waals surface area contributed by atoms with Gasteiger partial charge in [-0.2, -0.15) is 0 Å². The van der Waals surface area contributed by atoms with Crippen molar-refractivity contribution in [1.82, 2.24) is 9.97 Å². The Morgan fingerprint density at radius 1 is 0.812 bits per heavy atom. The Hall–Kier alpha value is -3.99. The number of aromatic nitrogens is 2. The number of nitrogens with one attached hydrogen (secondary N) is 1. The minimum Gasteiger partial charge on any atom is -0.343 e. The Bertz CT molecular complexity index is 1130. The largest absolute Gasteiger partial charge is 0.343 e. The minimum atomic E-state index is 0.0194. The molecule has 2 aromatic heterocycles. The number of aryl methyl sites for hydroxylation is 1. The van der Waals surface area contributed by atoms with Crippen LogP contribution in [0.5, 0.6) is 0 Å². The van der Waals surface area contributed by atoms with Gasteiger partial charge in [-0.05, 0) is 65.9 Å². The highest BCUT2D eigenvalue weighted by molar-refractivity contribution is 5.90. The number of anilines is 3. The van der Waals surface area contributed by atoms with Crippen LogP contribution in [0.25, 0.3) is 11.1 Å². The zero-order valence-electron chi connectivity index (χ0n) is 18.1. The molecule has 0 aliphatic rings. The number of amides is 1. The van der Waals surface area contributed by atoms with Crippen molar-refractivity contribution in [2.75, 3.05) is 17.3 Å². The molecule has 0 atom stereocenters. The van der Waals surface area contributed by atoms with E-state index in [-0.39, 0.29) is 5.91 Å². The van der Waals surface area contributed by atoms with Gasteiger partial charge in [-0.3, -0.25) is 14.8 Å². The predicted octanol–water partition coefficient (Wildman–Crippen LogP) is 5.87. The maximum atomic E-state index is 12.1. The van der Waals surface area contributed by atoms with Gasteiger partial charge in [0.25, 0.3) is 0 Å². The molecule has 1 N–H and O–H groups in total. The molecule has 5 heteroatoms. The van der Waals surface area contributed by atoms with Gasteiger partial charge in [0.2, 0.25) is 5.91 Å². The fraction of sp³-hybridized carbons (Fsp3) is 0.148. The normalized spacial score (nSPS) is 10.5. The van der Waals surface area contributed by atoms with Crippen LogP contribution in [-0.2, 0) is 11.2 Å². The molecule has 2 aromatic carbocycles. The van der Waals surface area contributed by atoms with E-state index in [4.69, 9.17) is 0 Å². The molecule has 0 spiro atoms. The van der Waals surface area contributed by atoms with E-state index >= 15 is 0 Å². The summed E-state index contributed by atoms with van der Waals surface area (Å²) in [4.78, 5) is 22.4. The minimum absolute atomic E-state index is 0.0194. The van der Waals surface area contributed by atoms with Gasteiger partial charge in [0.1, 0.15) is 0 Å². The zero-order chi connectivity index (χ0) is 22.2. The number of carbonyl (C=O) groups excluding carboxylic acids is 1. The number of rotatable bonds is 8. The van der Waals surface area contributed by atoms with Gasteiger partial charge >= 0.3 is 0 Å². The van der Waals surface area contributed by atoms with Crippen LogP contribution in [0, 0.1) is 0 Å². The number of hydrogen-bond acceptors (Lipinski definition) is 4. The lowest BCUT2D eigenvalue weighted by molar-refractivity contribution is -0.116. The van der Waals surface area contributed by atoms with E-state index < -0.39 is 0 Å². The standard InChI is InChI=1S/C27H26N4O/c1-31(26-7-4-18-29-20-26)25-15-13-23(14-16-25)22-11-9-21(10-12-22)5-2-8-27(32)30-24-6-3-17-28-19-24/h3-4,6-7,9-20H,2,5,8H2,1H3,(H,30,32). The second-order valence-corrected chi connectivity index (χ2v) is 7.66. The summed E-state index contributed by atoms with van der Waals surface area (Å²) in [5.41, 5.74) is 6.49. The third-order valence-electron chi connectivity index (χ3n) is 5.39. The fourth-order valence-electron chi connectivity index (χ4n) is 3.56. The number of hydrogen-bond donors (Lipinski definition) is 1. The molecule has 4 rings (SSSR count). The second kappa shape index (κ2) is 10.4. The molecule has 160 valence electrons. The Morgan fingerprint density at radius 2 is 1.47 bits per heavy atom. The highest BCUT2D eigenvalue weighted by Gasteiger charge is 2.06. The SMILES string of the molecule is CN(c1ccc(-c2ccc(CCCC(=O)Nc3cccnc3)cc2)cc1)c1cccnc1. The molecular formula is C27H26N4O. The molecule has 0 saturated heterocycles. The van der Waals surface area contributed by atoms with Crippen molar-refractivity contribution >= 4 is 23.0 Å². The lowest BCUT2D eigenvalue weighted by Gasteiger charge is -2.19. The average molecular weight is 423 g/mol. The molecule has 0 fully saturated rings. The van der Waals surface area contributed by atoms with Crippen LogP contribution in [0.3, 0.4) is 0 Å². The number of nitrogens with zero attached hydrogens (tertiary/aromatic N) is 3. The molecule has 0 saturated carbocycles. The third-order valence-corrected chi connectivity index (χ3v) is 5.39. The van der Waals surface area contributed by atoms with Crippen LogP contribution in [0.2, 0.25) is 0 Å². The summed E-state index contributed by atoms with van der Waals surface area (Å²) < 4.78 is 0. The molecule has 0 radical (unpaired) electrons. The zero-order valence-corrected chi connectivity index (χ0v) is 18.1. The van der Waals surface area contributed by atoms with E-state index in [1.807, 2.05) is 37.5 Å². The van der Waals surface area contributed by atoms with Gasteiger partial charge in [0.05, 0.1) is 23.8 Å². The first kappa shape index (κ1) is 21.2. The topological polar surface area (TPSA) is 58.1 Å². The first-order valence-electron chi connectivity index (χ1n) is 10.7. The molecular weight excluding hydrogens is 396 g/mol. The van der Waals surface area contributed by atoms with Gasteiger partial charge in [0.15, 0.2) is 0 Å². The van der Waals surface area contributed by atoms with Crippen LogP contribution in [0.15, 0.2) is 97.6 Å². The lowest BCUT2D eigenvalue weighted by Crippen LogP contribution is -2.11. The quantitative estimate of drug-likeness (QED) is 0.386. The van der Waals surface area contributed by atoms with Crippen LogP contribution in [0.1, 0.15) is 18.4 Å². The second-order valence-electron chi connectivity index (χ2n) is 7.66. The molecule has 0 aliphatic heterocycles. The fourth-order valence-corrected chi connectivity index (χ4v) is 3.56. The Kier molecular flexibility index (Phi) is 6.88. The smallest absolute Gasteiger partial charge is 0.224 e. The Labute approximate surface area is 188 Å². The molecule has 2 heterocycles. The van der Waals surface area contributed by atoms with Crippen molar-refractivity contribution in [2.45, 2.75) is 19.3 Å². The van der Waals surface area contributed by atoms with Gasteiger partial charge in [-0.25, -0.2) is 0 Å². The highest BCUT2D eigenvalue weighted by atomic mass is 16.1. The van der Waals surface area contributed by atoms with E-state index in [1.165, 1.54) is 16.7 Å². The van der Waals surface area contributed by atoms with Crippen LogP contribution >= 0.6 is 0 Å². The van der Waals surface area contributed by atoms with Crippen molar-refractivity contribution in [1.29, 1.82) is 0 Å². The van der Waals surface area contributed by atoms with Gasteiger partial charge < -0.3 is 10.2 Å². The Balaban J connectivity index is 1.30. The summed E-state index contributed by atoms with van der Waals surface area (Å²) in [5, 5.41) is 2.87. The van der Waals surface area contributed by atoms with Crippen molar-refractivity contribution in [3.63, 3.8) is 0 Å². The molecule has 5 nitrogen and oxygen atoms in total. The summed E-state index contributed by atoms with van der Waals surface area (Å²) in [7, 11) is 2.04. The van der Waals surface area contributed by atoms with E-state index in [2.05, 4.69) is 68.7 Å². The summed E-state index contributed by atoms with van der Waals surface area (Å²) in [5.74, 6) is 0.0194. The summed E-state index contributed by atoms with van der Waals surface area (Å²) >= 11 is 0. The Morgan fingerprint density at radius 3 is 2.09 bits per heavy atom. The number of pyridine rings is 2. The van der Waals surface area contributed by atoms with Crippen molar-refractivity contribution in [3.05, 3.63) is 103 Å². The lowest BCUT2D eigenvalue weighted by atomic mass is 10.0. The van der Waals surface area contributed by atoms with E-state index in [0.29, 0.717) is 6.42 Å². The first-order chi connectivity index (χ1) is 15.7. The van der Waals surface area contributed by atoms with Crippen LogP contribution in [-0.4, -0.2) is 22.9 Å². The molecule has 1 amide bonds. The maximum Gasteiger partial charge on any atom is 0.224 e. The van der Waals surface area contributed by atoms with E-state index in [0.717, 1.165) is 29.9 Å². The molecule has 0 aliphatic carbocycles. The summed E-state index contributed by atoms with van der Waals surface area (Å²) in [6, 6.07) is 24.7. The number of carbonyl (C=O) groups is 1. The van der Waals surface area contributed by atoms with Crippen LogP contribution < -0.4 is 10.2 Å². The van der Waals surface area contributed by atoms with E-state index in [9.17, 15) is 4.79 Å². The predicted molar refractivity (Wildman–Crippen MR) is 130 cm³/mol. The molecule has 32 heavy (non-hydrogen) atoms. The van der Waals surface area contributed by atoms with Crippen molar-refractivity contribution in [3.8, 4) is 11.1 Å². The summed E-state index contributed by atoms with van der Waals surface area (Å²) in [6.45, 7) is 0.